The first-order chi connectivity index (χ1) is 10.0. The third-order valence-corrected chi connectivity index (χ3v) is 5.50. The Bertz CT molecular complexity index is 587. The van der Waals surface area contributed by atoms with Crippen LogP contribution in [-0.4, -0.2) is 17.0 Å². The summed E-state index contributed by atoms with van der Waals surface area (Å²) in [5.74, 6) is 0.859. The van der Waals surface area contributed by atoms with Gasteiger partial charge in [0.15, 0.2) is 0 Å². The van der Waals surface area contributed by atoms with Crippen LogP contribution >= 0.6 is 15.9 Å². The molecule has 0 saturated heterocycles. The lowest BCUT2D eigenvalue weighted by Crippen LogP contribution is -2.21. The molecule has 2 N–H and O–H groups in total. The molecule has 2 bridgehead atoms. The molecule has 1 amide bonds. The highest BCUT2D eigenvalue weighted by molar-refractivity contribution is 9.10. The van der Waals surface area contributed by atoms with Gasteiger partial charge in [0, 0.05) is 10.9 Å². The second kappa shape index (κ2) is 5.79. The van der Waals surface area contributed by atoms with E-state index in [2.05, 4.69) is 21.2 Å². The van der Waals surface area contributed by atoms with E-state index in [1.54, 1.807) is 12.1 Å². The van der Waals surface area contributed by atoms with Crippen LogP contribution in [0.15, 0.2) is 22.7 Å². The minimum absolute atomic E-state index is 0.0815. The van der Waals surface area contributed by atoms with E-state index in [1.807, 2.05) is 0 Å². The summed E-state index contributed by atoms with van der Waals surface area (Å²) in [6.45, 7) is 0. The van der Waals surface area contributed by atoms with Crippen molar-refractivity contribution in [3.8, 4) is 0 Å². The van der Waals surface area contributed by atoms with E-state index in [9.17, 15) is 14.7 Å². The maximum Gasteiger partial charge on any atom is 0.337 e. The summed E-state index contributed by atoms with van der Waals surface area (Å²) in [5, 5.41) is 12.0. The van der Waals surface area contributed by atoms with Crippen molar-refractivity contribution in [3.63, 3.8) is 0 Å². The molecule has 3 rings (SSSR count). The average Bonchev–Trinajstić information content (AvgIpc) is 3.03. The van der Waals surface area contributed by atoms with Gasteiger partial charge in [0.2, 0.25) is 5.91 Å². The van der Waals surface area contributed by atoms with Crippen molar-refractivity contribution in [3.05, 3.63) is 28.2 Å². The first-order valence-electron chi connectivity index (χ1n) is 7.36. The van der Waals surface area contributed by atoms with Crippen LogP contribution < -0.4 is 5.32 Å². The summed E-state index contributed by atoms with van der Waals surface area (Å²) in [7, 11) is 0. The number of amides is 1. The SMILES string of the molecule is O=C(CC1CC2CCC1C2)Nc1c(Br)cccc1C(=O)O. The molecule has 4 nitrogen and oxygen atoms in total. The van der Waals surface area contributed by atoms with Gasteiger partial charge in [0.1, 0.15) is 0 Å². The van der Waals surface area contributed by atoms with Crippen LogP contribution in [0.2, 0.25) is 0 Å². The molecule has 0 aliphatic heterocycles. The van der Waals surface area contributed by atoms with Crippen molar-refractivity contribution < 1.29 is 14.7 Å². The van der Waals surface area contributed by atoms with E-state index in [-0.39, 0.29) is 11.5 Å². The van der Waals surface area contributed by atoms with Crippen molar-refractivity contribution in [1.82, 2.24) is 0 Å². The number of carbonyl (C=O) groups excluding carboxylic acids is 1. The lowest BCUT2D eigenvalue weighted by Gasteiger charge is -2.21. The van der Waals surface area contributed by atoms with Gasteiger partial charge in [-0.2, -0.15) is 0 Å². The van der Waals surface area contributed by atoms with E-state index in [4.69, 9.17) is 0 Å². The van der Waals surface area contributed by atoms with Gasteiger partial charge in [-0.3, -0.25) is 4.79 Å². The number of para-hydroxylation sites is 1. The van der Waals surface area contributed by atoms with Gasteiger partial charge in [-0.25, -0.2) is 4.79 Å². The monoisotopic (exact) mass is 351 g/mol. The van der Waals surface area contributed by atoms with Crippen molar-refractivity contribution in [1.29, 1.82) is 0 Å². The van der Waals surface area contributed by atoms with Crippen LogP contribution in [0.3, 0.4) is 0 Å². The van der Waals surface area contributed by atoms with E-state index < -0.39 is 5.97 Å². The summed E-state index contributed by atoms with van der Waals surface area (Å²) >= 11 is 3.31. The number of anilines is 1. The Labute approximate surface area is 132 Å². The first kappa shape index (κ1) is 14.6. The third-order valence-electron chi connectivity index (χ3n) is 4.84. The Hall–Kier alpha value is -1.36. The zero-order valence-corrected chi connectivity index (χ0v) is 13.2. The topological polar surface area (TPSA) is 66.4 Å². The number of halogens is 1. The minimum atomic E-state index is -1.04. The van der Waals surface area contributed by atoms with Crippen LogP contribution in [0.25, 0.3) is 0 Å². The fourth-order valence-electron chi connectivity index (χ4n) is 3.88. The molecule has 21 heavy (non-hydrogen) atoms. The maximum absolute atomic E-state index is 12.2. The number of fused-ring (bicyclic) bond motifs is 2. The molecule has 3 atom stereocenters. The molecule has 112 valence electrons. The molecule has 2 saturated carbocycles. The van der Waals surface area contributed by atoms with Gasteiger partial charge in [-0.15, -0.1) is 0 Å². The van der Waals surface area contributed by atoms with Gasteiger partial charge >= 0.3 is 5.97 Å². The second-order valence-electron chi connectivity index (χ2n) is 6.15. The summed E-state index contributed by atoms with van der Waals surface area (Å²) in [6, 6.07) is 4.89. The number of nitrogens with one attached hydrogen (secondary N) is 1. The number of carbonyl (C=O) groups is 2. The molecule has 2 fully saturated rings. The molecule has 2 aliphatic carbocycles. The normalized spacial score (nSPS) is 26.8. The largest absolute Gasteiger partial charge is 0.478 e. The summed E-state index contributed by atoms with van der Waals surface area (Å²) < 4.78 is 0.601. The van der Waals surface area contributed by atoms with Crippen molar-refractivity contribution in [2.75, 3.05) is 5.32 Å². The molecule has 0 aromatic heterocycles. The zero-order chi connectivity index (χ0) is 15.0. The maximum atomic E-state index is 12.2. The molecule has 1 aromatic rings. The Morgan fingerprint density at radius 2 is 2.10 bits per heavy atom. The number of benzene rings is 1. The minimum Gasteiger partial charge on any atom is -0.478 e. The predicted octanol–water partition coefficient (Wildman–Crippen LogP) is 3.91. The van der Waals surface area contributed by atoms with Crippen LogP contribution in [0.1, 0.15) is 42.5 Å². The van der Waals surface area contributed by atoms with Crippen LogP contribution in [0, 0.1) is 17.8 Å². The van der Waals surface area contributed by atoms with Gasteiger partial charge in [0.25, 0.3) is 0 Å². The molecule has 1 aromatic carbocycles. The smallest absolute Gasteiger partial charge is 0.337 e. The van der Waals surface area contributed by atoms with Gasteiger partial charge in [-0.05, 0) is 65.1 Å². The lowest BCUT2D eigenvalue weighted by atomic mass is 9.86. The number of rotatable bonds is 4. The third kappa shape index (κ3) is 2.98. The molecule has 2 aliphatic rings. The molecule has 0 heterocycles. The number of aromatic carboxylic acids is 1. The summed E-state index contributed by atoms with van der Waals surface area (Å²) in [4.78, 5) is 23.5. The van der Waals surface area contributed by atoms with Gasteiger partial charge in [-0.1, -0.05) is 12.5 Å². The Balaban J connectivity index is 1.69. The number of carboxylic acid groups (broad SMARTS) is 1. The molecular formula is C16H18BrNO3. The van der Waals surface area contributed by atoms with Crippen LogP contribution in [0.5, 0.6) is 0 Å². The molecule has 3 unspecified atom stereocenters. The van der Waals surface area contributed by atoms with Gasteiger partial charge < -0.3 is 10.4 Å². The fourth-order valence-corrected chi connectivity index (χ4v) is 4.35. The van der Waals surface area contributed by atoms with Crippen LogP contribution in [0.4, 0.5) is 5.69 Å². The average molecular weight is 352 g/mol. The Morgan fingerprint density at radius 1 is 1.29 bits per heavy atom. The zero-order valence-electron chi connectivity index (χ0n) is 11.6. The number of hydrogen-bond donors (Lipinski definition) is 2. The second-order valence-corrected chi connectivity index (χ2v) is 7.01. The van der Waals surface area contributed by atoms with E-state index >= 15 is 0 Å². The molecule has 0 radical (unpaired) electrons. The fraction of sp³-hybridized carbons (Fsp3) is 0.500. The predicted molar refractivity (Wildman–Crippen MR) is 83.3 cm³/mol. The van der Waals surface area contributed by atoms with Crippen molar-refractivity contribution in [2.24, 2.45) is 17.8 Å². The van der Waals surface area contributed by atoms with E-state index in [1.165, 1.54) is 25.3 Å². The molecule has 0 spiro atoms. The van der Waals surface area contributed by atoms with E-state index in [0.717, 1.165) is 12.3 Å². The Kier molecular flexibility index (Phi) is 4.02. The Morgan fingerprint density at radius 3 is 2.71 bits per heavy atom. The highest BCUT2D eigenvalue weighted by atomic mass is 79.9. The quantitative estimate of drug-likeness (QED) is 0.863. The number of carboxylic acids is 1. The molecular weight excluding hydrogens is 334 g/mol. The van der Waals surface area contributed by atoms with Crippen LogP contribution in [-0.2, 0) is 4.79 Å². The van der Waals surface area contributed by atoms with Crippen molar-refractivity contribution in [2.45, 2.75) is 32.1 Å². The first-order valence-corrected chi connectivity index (χ1v) is 8.15. The summed E-state index contributed by atoms with van der Waals surface area (Å²) in [6.07, 6.45) is 5.49. The highest BCUT2D eigenvalue weighted by Crippen LogP contribution is 2.49. The van der Waals surface area contributed by atoms with Gasteiger partial charge in [0.05, 0.1) is 11.3 Å². The standard InChI is InChI=1S/C16H18BrNO3/c17-13-3-1-2-12(16(20)21)15(13)18-14(19)8-11-7-9-4-5-10(11)6-9/h1-3,9-11H,4-8H2,(H,18,19)(H,20,21). The summed E-state index contributed by atoms with van der Waals surface area (Å²) in [5.41, 5.74) is 0.476. The van der Waals surface area contributed by atoms with E-state index in [0.29, 0.717) is 28.4 Å². The highest BCUT2D eigenvalue weighted by Gasteiger charge is 2.40. The number of hydrogen-bond acceptors (Lipinski definition) is 2. The molecule has 5 heteroatoms. The lowest BCUT2D eigenvalue weighted by molar-refractivity contribution is -0.117. The van der Waals surface area contributed by atoms with Crippen molar-refractivity contribution >= 4 is 33.5 Å².